The largest absolute Gasteiger partial charge is 0.356 e. The summed E-state index contributed by atoms with van der Waals surface area (Å²) in [6, 6.07) is 15.9. The Morgan fingerprint density at radius 2 is 1.86 bits per heavy atom. The van der Waals surface area contributed by atoms with E-state index in [1.165, 1.54) is 34.4 Å². The van der Waals surface area contributed by atoms with Gasteiger partial charge in [-0.05, 0) is 42.2 Å². The zero-order valence-corrected chi connectivity index (χ0v) is 17.4. The van der Waals surface area contributed by atoms with E-state index in [0.717, 1.165) is 12.0 Å². The summed E-state index contributed by atoms with van der Waals surface area (Å²) in [6.07, 6.45) is 3.36. The third kappa shape index (κ3) is 6.24. The maximum Gasteiger partial charge on any atom is 0.266 e. The van der Waals surface area contributed by atoms with Crippen molar-refractivity contribution in [1.29, 1.82) is 0 Å². The van der Waals surface area contributed by atoms with Crippen LogP contribution >= 0.6 is 24.0 Å². The van der Waals surface area contributed by atoms with Gasteiger partial charge >= 0.3 is 0 Å². The van der Waals surface area contributed by atoms with Crippen molar-refractivity contribution in [2.75, 3.05) is 13.1 Å². The van der Waals surface area contributed by atoms with Gasteiger partial charge in [0.05, 0.1) is 4.91 Å². The Morgan fingerprint density at radius 1 is 1.14 bits per heavy atom. The highest BCUT2D eigenvalue weighted by atomic mass is 32.2. The summed E-state index contributed by atoms with van der Waals surface area (Å²) < 4.78 is 13.5. The van der Waals surface area contributed by atoms with Crippen LogP contribution in [0.3, 0.4) is 0 Å². The Labute approximate surface area is 179 Å². The SMILES string of the molecule is O=C(CCCN1C(=O)/C(=C/c2ccc(F)cc2)SC1=S)NCCc1ccccc1. The van der Waals surface area contributed by atoms with Crippen LogP contribution in [0.2, 0.25) is 0 Å². The summed E-state index contributed by atoms with van der Waals surface area (Å²) in [6.45, 7) is 0.988. The molecular weight excluding hydrogens is 407 g/mol. The fourth-order valence-corrected chi connectivity index (χ4v) is 4.19. The molecule has 2 aromatic rings. The standard InChI is InChI=1S/C22H21FN2O2S2/c23-18-10-8-17(9-11-18)15-19-21(27)25(22(28)29-19)14-4-7-20(26)24-13-12-16-5-2-1-3-6-16/h1-3,5-6,8-11,15H,4,7,12-14H2,(H,24,26)/b19-15-. The Bertz CT molecular complexity index is 914. The number of amides is 2. The number of thioether (sulfide) groups is 1. The van der Waals surface area contributed by atoms with Gasteiger partial charge in [-0.1, -0.05) is 66.4 Å². The highest BCUT2D eigenvalue weighted by Crippen LogP contribution is 2.32. The zero-order valence-electron chi connectivity index (χ0n) is 15.8. The Kier molecular flexibility index (Phi) is 7.55. The number of rotatable bonds is 8. The molecule has 2 amide bonds. The smallest absolute Gasteiger partial charge is 0.266 e. The molecule has 1 saturated heterocycles. The Balaban J connectivity index is 1.43. The van der Waals surface area contributed by atoms with Crippen LogP contribution in [0.5, 0.6) is 0 Å². The first kappa shape index (κ1) is 21.2. The number of carbonyl (C=O) groups is 2. The molecule has 0 spiro atoms. The number of thiocarbonyl (C=S) groups is 1. The third-order valence-electron chi connectivity index (χ3n) is 4.41. The van der Waals surface area contributed by atoms with Crippen LogP contribution in [0, 0.1) is 5.82 Å². The van der Waals surface area contributed by atoms with Crippen LogP contribution < -0.4 is 5.32 Å². The molecule has 1 aliphatic rings. The van der Waals surface area contributed by atoms with E-state index in [2.05, 4.69) is 5.32 Å². The molecule has 1 fully saturated rings. The molecule has 4 nitrogen and oxygen atoms in total. The molecule has 1 N–H and O–H groups in total. The molecule has 2 aromatic carbocycles. The van der Waals surface area contributed by atoms with Gasteiger partial charge < -0.3 is 5.32 Å². The second-order valence-corrected chi connectivity index (χ2v) is 8.25. The van der Waals surface area contributed by atoms with Gasteiger partial charge in [0.2, 0.25) is 5.91 Å². The van der Waals surface area contributed by atoms with E-state index in [1.54, 1.807) is 18.2 Å². The molecule has 0 radical (unpaired) electrons. The third-order valence-corrected chi connectivity index (χ3v) is 5.78. The molecule has 29 heavy (non-hydrogen) atoms. The minimum absolute atomic E-state index is 0.0340. The van der Waals surface area contributed by atoms with E-state index in [0.29, 0.717) is 35.2 Å². The molecule has 1 aliphatic heterocycles. The molecule has 0 bridgehead atoms. The second-order valence-electron chi connectivity index (χ2n) is 6.57. The number of nitrogens with one attached hydrogen (secondary N) is 1. The molecular formula is C22H21FN2O2S2. The second kappa shape index (κ2) is 10.3. The van der Waals surface area contributed by atoms with Gasteiger partial charge in [-0.3, -0.25) is 14.5 Å². The van der Waals surface area contributed by atoms with Gasteiger partial charge in [0, 0.05) is 19.5 Å². The van der Waals surface area contributed by atoms with E-state index in [4.69, 9.17) is 12.2 Å². The van der Waals surface area contributed by atoms with Crippen molar-refractivity contribution >= 4 is 46.2 Å². The number of nitrogens with zero attached hydrogens (tertiary/aromatic N) is 1. The van der Waals surface area contributed by atoms with Crippen molar-refractivity contribution < 1.29 is 14.0 Å². The lowest BCUT2D eigenvalue weighted by Crippen LogP contribution is -2.31. The number of carbonyl (C=O) groups excluding carboxylic acids is 2. The van der Waals surface area contributed by atoms with E-state index in [1.807, 2.05) is 30.3 Å². The van der Waals surface area contributed by atoms with Crippen LogP contribution in [0.15, 0.2) is 59.5 Å². The fourth-order valence-electron chi connectivity index (χ4n) is 2.88. The van der Waals surface area contributed by atoms with Crippen LogP contribution in [-0.4, -0.2) is 34.1 Å². The van der Waals surface area contributed by atoms with Crippen molar-refractivity contribution in [1.82, 2.24) is 10.2 Å². The topological polar surface area (TPSA) is 49.4 Å². The first-order valence-corrected chi connectivity index (χ1v) is 10.6. The molecule has 150 valence electrons. The van der Waals surface area contributed by atoms with Gasteiger partial charge in [-0.2, -0.15) is 0 Å². The van der Waals surface area contributed by atoms with Gasteiger partial charge in [0.1, 0.15) is 10.1 Å². The lowest BCUT2D eigenvalue weighted by Gasteiger charge is -2.14. The van der Waals surface area contributed by atoms with Crippen molar-refractivity contribution in [2.45, 2.75) is 19.3 Å². The van der Waals surface area contributed by atoms with E-state index < -0.39 is 0 Å². The van der Waals surface area contributed by atoms with Crippen LogP contribution in [0.25, 0.3) is 6.08 Å². The van der Waals surface area contributed by atoms with E-state index in [-0.39, 0.29) is 17.6 Å². The monoisotopic (exact) mass is 428 g/mol. The predicted octanol–water partition coefficient (Wildman–Crippen LogP) is 4.17. The lowest BCUT2D eigenvalue weighted by molar-refractivity contribution is -0.123. The highest BCUT2D eigenvalue weighted by molar-refractivity contribution is 8.26. The van der Waals surface area contributed by atoms with Crippen LogP contribution in [0.4, 0.5) is 4.39 Å². The minimum atomic E-state index is -0.322. The summed E-state index contributed by atoms with van der Waals surface area (Å²) in [5.41, 5.74) is 1.92. The van der Waals surface area contributed by atoms with Gasteiger partial charge in [0.25, 0.3) is 5.91 Å². The van der Waals surface area contributed by atoms with Crippen molar-refractivity contribution in [3.8, 4) is 0 Å². The minimum Gasteiger partial charge on any atom is -0.356 e. The summed E-state index contributed by atoms with van der Waals surface area (Å²) in [4.78, 5) is 26.6. The molecule has 0 atom stereocenters. The first-order valence-electron chi connectivity index (χ1n) is 9.34. The average molecular weight is 429 g/mol. The summed E-state index contributed by atoms with van der Waals surface area (Å²) >= 11 is 6.53. The summed E-state index contributed by atoms with van der Waals surface area (Å²) in [5, 5.41) is 2.90. The molecule has 0 unspecified atom stereocenters. The van der Waals surface area contributed by atoms with Crippen molar-refractivity contribution in [3.05, 3.63) is 76.4 Å². The van der Waals surface area contributed by atoms with Gasteiger partial charge in [-0.15, -0.1) is 0 Å². The zero-order chi connectivity index (χ0) is 20.6. The number of benzene rings is 2. The number of hydrogen-bond donors (Lipinski definition) is 1. The molecule has 0 aromatic heterocycles. The first-order chi connectivity index (χ1) is 14.0. The van der Waals surface area contributed by atoms with Crippen LogP contribution in [0.1, 0.15) is 24.0 Å². The number of halogens is 1. The molecule has 1 heterocycles. The van der Waals surface area contributed by atoms with E-state index >= 15 is 0 Å². The molecule has 7 heteroatoms. The maximum absolute atomic E-state index is 13.0. The van der Waals surface area contributed by atoms with Crippen molar-refractivity contribution in [3.63, 3.8) is 0 Å². The Morgan fingerprint density at radius 3 is 2.59 bits per heavy atom. The molecule has 0 saturated carbocycles. The fraction of sp³-hybridized carbons (Fsp3) is 0.227. The number of hydrogen-bond acceptors (Lipinski definition) is 4. The normalized spacial score (nSPS) is 15.2. The van der Waals surface area contributed by atoms with Gasteiger partial charge in [-0.25, -0.2) is 4.39 Å². The predicted molar refractivity (Wildman–Crippen MR) is 119 cm³/mol. The van der Waals surface area contributed by atoms with Crippen LogP contribution in [-0.2, 0) is 16.0 Å². The van der Waals surface area contributed by atoms with E-state index in [9.17, 15) is 14.0 Å². The lowest BCUT2D eigenvalue weighted by atomic mass is 10.1. The molecule has 0 aliphatic carbocycles. The highest BCUT2D eigenvalue weighted by Gasteiger charge is 2.31. The maximum atomic E-state index is 13.0. The average Bonchev–Trinajstić information content (AvgIpc) is 2.98. The summed E-state index contributed by atoms with van der Waals surface area (Å²) in [5.74, 6) is -0.529. The summed E-state index contributed by atoms with van der Waals surface area (Å²) in [7, 11) is 0. The molecule has 3 rings (SSSR count). The quantitative estimate of drug-likeness (QED) is 0.507. The Hall–Kier alpha value is -2.51. The van der Waals surface area contributed by atoms with Gasteiger partial charge in [0.15, 0.2) is 0 Å². The van der Waals surface area contributed by atoms with Crippen molar-refractivity contribution in [2.24, 2.45) is 0 Å².